The Bertz CT molecular complexity index is 496. The van der Waals surface area contributed by atoms with Gasteiger partial charge in [-0.2, -0.15) is 0 Å². The molecule has 1 aliphatic rings. The highest BCUT2D eigenvalue weighted by Gasteiger charge is 2.44. The summed E-state index contributed by atoms with van der Waals surface area (Å²) in [6.45, 7) is 0. The minimum Gasteiger partial charge on any atom is -0.494 e. The van der Waals surface area contributed by atoms with Gasteiger partial charge in [0.05, 0.1) is 12.5 Å². The van der Waals surface area contributed by atoms with Crippen molar-refractivity contribution in [3.8, 4) is 5.75 Å². The number of carboxylic acid groups (broad SMARTS) is 1. The Balaban J connectivity index is 2.59. The quantitative estimate of drug-likeness (QED) is 0.920. The minimum atomic E-state index is -1.18. The Labute approximate surface area is 116 Å². The van der Waals surface area contributed by atoms with Crippen molar-refractivity contribution in [3.63, 3.8) is 0 Å². The van der Waals surface area contributed by atoms with E-state index in [2.05, 4.69) is 0 Å². The molecule has 0 amide bonds. The first-order valence-electron chi connectivity index (χ1n) is 6.28. The maximum Gasteiger partial charge on any atom is 0.314 e. The highest BCUT2D eigenvalue weighted by Crippen LogP contribution is 2.43. The van der Waals surface area contributed by atoms with Crippen molar-refractivity contribution in [1.29, 1.82) is 0 Å². The van der Waals surface area contributed by atoms with Crippen LogP contribution in [-0.2, 0) is 10.2 Å². The fraction of sp³-hybridized carbons (Fsp3) is 0.500. The zero-order valence-corrected chi connectivity index (χ0v) is 11.5. The van der Waals surface area contributed by atoms with E-state index in [-0.39, 0.29) is 11.3 Å². The second kappa shape index (κ2) is 5.37. The standard InChI is InChI=1S/C14H16ClFO3/c1-19-11-8-9(15)7-10(12(11)16)14(13(17)18)5-3-2-4-6-14/h7-8H,2-6H2,1H3,(H,17,18). The van der Waals surface area contributed by atoms with E-state index in [4.69, 9.17) is 16.3 Å². The summed E-state index contributed by atoms with van der Waals surface area (Å²) in [6, 6.07) is 2.78. The number of carbonyl (C=O) groups is 1. The summed E-state index contributed by atoms with van der Waals surface area (Å²) in [7, 11) is 1.34. The fourth-order valence-corrected chi connectivity index (χ4v) is 3.02. The maximum absolute atomic E-state index is 14.4. The van der Waals surface area contributed by atoms with Crippen LogP contribution in [0.25, 0.3) is 0 Å². The highest BCUT2D eigenvalue weighted by atomic mass is 35.5. The number of benzene rings is 1. The Morgan fingerprint density at radius 2 is 2.00 bits per heavy atom. The summed E-state index contributed by atoms with van der Waals surface area (Å²) in [5.74, 6) is -1.61. The molecule has 1 aromatic rings. The molecule has 2 rings (SSSR count). The number of carboxylic acids is 1. The molecule has 104 valence electrons. The third kappa shape index (κ3) is 2.41. The summed E-state index contributed by atoms with van der Waals surface area (Å²) in [5, 5.41) is 9.86. The van der Waals surface area contributed by atoms with Crippen LogP contribution in [0.1, 0.15) is 37.7 Å². The fourth-order valence-electron chi connectivity index (χ4n) is 2.81. The lowest BCUT2D eigenvalue weighted by atomic mass is 9.69. The summed E-state index contributed by atoms with van der Waals surface area (Å²) >= 11 is 5.95. The third-order valence-electron chi connectivity index (χ3n) is 3.86. The summed E-state index contributed by atoms with van der Waals surface area (Å²) < 4.78 is 19.3. The van der Waals surface area contributed by atoms with Gasteiger partial charge in [-0.25, -0.2) is 4.39 Å². The molecular weight excluding hydrogens is 271 g/mol. The van der Waals surface area contributed by atoms with Crippen molar-refractivity contribution >= 4 is 17.6 Å². The average Bonchev–Trinajstić information content (AvgIpc) is 2.41. The molecule has 1 fully saturated rings. The van der Waals surface area contributed by atoms with Crippen LogP contribution in [0.3, 0.4) is 0 Å². The number of halogens is 2. The topological polar surface area (TPSA) is 46.5 Å². The van der Waals surface area contributed by atoms with Crippen molar-refractivity contribution in [1.82, 2.24) is 0 Å². The lowest BCUT2D eigenvalue weighted by Gasteiger charge is -2.34. The lowest BCUT2D eigenvalue weighted by molar-refractivity contribution is -0.145. The second-order valence-electron chi connectivity index (χ2n) is 4.92. The van der Waals surface area contributed by atoms with E-state index >= 15 is 0 Å². The molecule has 1 saturated carbocycles. The predicted octanol–water partition coefficient (Wildman–Crippen LogP) is 3.77. The van der Waals surface area contributed by atoms with Gasteiger partial charge in [0.15, 0.2) is 11.6 Å². The summed E-state index contributed by atoms with van der Waals surface area (Å²) in [6.07, 6.45) is 3.40. The summed E-state index contributed by atoms with van der Waals surface area (Å²) in [5.41, 5.74) is -1.04. The van der Waals surface area contributed by atoms with Crippen molar-refractivity contribution in [2.24, 2.45) is 0 Å². The van der Waals surface area contributed by atoms with Crippen LogP contribution in [0.2, 0.25) is 5.02 Å². The van der Waals surface area contributed by atoms with Crippen molar-refractivity contribution < 1.29 is 19.0 Å². The highest BCUT2D eigenvalue weighted by molar-refractivity contribution is 6.30. The van der Waals surface area contributed by atoms with Gasteiger partial charge in [0.2, 0.25) is 0 Å². The molecule has 1 N–H and O–H groups in total. The first-order chi connectivity index (χ1) is 9.01. The first-order valence-corrected chi connectivity index (χ1v) is 6.66. The van der Waals surface area contributed by atoms with Gasteiger partial charge in [0, 0.05) is 16.7 Å². The molecule has 0 radical (unpaired) electrons. The van der Waals surface area contributed by atoms with Gasteiger partial charge in [-0.15, -0.1) is 0 Å². The van der Waals surface area contributed by atoms with Crippen LogP contribution >= 0.6 is 11.6 Å². The van der Waals surface area contributed by atoms with Crippen LogP contribution in [0, 0.1) is 5.82 Å². The predicted molar refractivity (Wildman–Crippen MR) is 70.4 cm³/mol. The van der Waals surface area contributed by atoms with Crippen molar-refractivity contribution in [2.45, 2.75) is 37.5 Å². The zero-order valence-electron chi connectivity index (χ0n) is 10.7. The van der Waals surface area contributed by atoms with Crippen LogP contribution in [-0.4, -0.2) is 18.2 Å². The first kappa shape index (κ1) is 14.1. The number of hydrogen-bond donors (Lipinski definition) is 1. The monoisotopic (exact) mass is 286 g/mol. The lowest BCUT2D eigenvalue weighted by Crippen LogP contribution is -2.38. The SMILES string of the molecule is COc1cc(Cl)cc(C2(C(=O)O)CCCCC2)c1F. The molecule has 3 nitrogen and oxygen atoms in total. The molecule has 0 atom stereocenters. The minimum absolute atomic E-state index is 0.00583. The number of hydrogen-bond acceptors (Lipinski definition) is 2. The molecule has 0 aromatic heterocycles. The second-order valence-corrected chi connectivity index (χ2v) is 5.35. The largest absolute Gasteiger partial charge is 0.494 e. The van der Waals surface area contributed by atoms with E-state index in [1.54, 1.807) is 0 Å². The molecule has 1 aliphatic carbocycles. The smallest absolute Gasteiger partial charge is 0.314 e. The molecule has 0 bridgehead atoms. The Morgan fingerprint density at radius 1 is 1.37 bits per heavy atom. The van der Waals surface area contributed by atoms with Crippen LogP contribution in [0.5, 0.6) is 5.75 Å². The van der Waals surface area contributed by atoms with E-state index in [0.29, 0.717) is 17.9 Å². The molecule has 1 aromatic carbocycles. The van der Waals surface area contributed by atoms with Crippen LogP contribution < -0.4 is 4.74 Å². The molecule has 5 heteroatoms. The molecule has 0 heterocycles. The number of ether oxygens (including phenoxy) is 1. The Hall–Kier alpha value is -1.29. The van der Waals surface area contributed by atoms with E-state index in [0.717, 1.165) is 19.3 Å². The molecule has 0 aliphatic heterocycles. The van der Waals surface area contributed by atoms with Crippen LogP contribution in [0.4, 0.5) is 4.39 Å². The molecule has 0 saturated heterocycles. The van der Waals surface area contributed by atoms with Gasteiger partial charge in [-0.1, -0.05) is 30.9 Å². The molecular formula is C14H16ClFO3. The normalized spacial score (nSPS) is 18.1. The molecule has 0 spiro atoms. The average molecular weight is 287 g/mol. The number of rotatable bonds is 3. The maximum atomic E-state index is 14.4. The number of methoxy groups -OCH3 is 1. The van der Waals surface area contributed by atoms with Gasteiger partial charge >= 0.3 is 5.97 Å². The van der Waals surface area contributed by atoms with E-state index in [1.165, 1.54) is 19.2 Å². The van der Waals surface area contributed by atoms with Crippen molar-refractivity contribution in [3.05, 3.63) is 28.5 Å². The van der Waals surface area contributed by atoms with Crippen LogP contribution in [0.15, 0.2) is 12.1 Å². The molecule has 19 heavy (non-hydrogen) atoms. The zero-order chi connectivity index (χ0) is 14.0. The van der Waals surface area contributed by atoms with Gasteiger partial charge in [0.1, 0.15) is 0 Å². The molecule has 0 unspecified atom stereocenters. The van der Waals surface area contributed by atoms with E-state index < -0.39 is 17.2 Å². The van der Waals surface area contributed by atoms with E-state index in [9.17, 15) is 14.3 Å². The van der Waals surface area contributed by atoms with Crippen molar-refractivity contribution in [2.75, 3.05) is 7.11 Å². The third-order valence-corrected chi connectivity index (χ3v) is 4.07. The Morgan fingerprint density at radius 3 is 2.53 bits per heavy atom. The summed E-state index contributed by atoms with van der Waals surface area (Å²) in [4.78, 5) is 11.7. The van der Waals surface area contributed by atoms with Gasteiger partial charge in [-0.3, -0.25) is 4.79 Å². The number of aliphatic carboxylic acids is 1. The van der Waals surface area contributed by atoms with Gasteiger partial charge in [0.25, 0.3) is 0 Å². The Kier molecular flexibility index (Phi) is 3.99. The van der Waals surface area contributed by atoms with Gasteiger partial charge in [-0.05, 0) is 18.9 Å². The van der Waals surface area contributed by atoms with E-state index in [1.807, 2.05) is 0 Å². The van der Waals surface area contributed by atoms with Gasteiger partial charge < -0.3 is 9.84 Å².